The zero-order valence-electron chi connectivity index (χ0n) is 8.88. The first-order valence-electron chi connectivity index (χ1n) is 5.24. The third-order valence-electron chi connectivity index (χ3n) is 2.67. The van der Waals surface area contributed by atoms with Crippen molar-refractivity contribution in [3.05, 3.63) is 17.0 Å². The van der Waals surface area contributed by atoms with Gasteiger partial charge in [-0.2, -0.15) is 5.10 Å². The molecule has 2 rings (SSSR count). The topological polar surface area (TPSA) is 55.9 Å². The minimum atomic E-state index is 0.433. The first-order valence-corrected chi connectivity index (χ1v) is 5.24. The molecule has 4 heteroatoms. The average Bonchev–Trinajstić information content (AvgIpc) is 2.67. The lowest BCUT2D eigenvalue weighted by atomic mass is 10.1. The van der Waals surface area contributed by atoms with Gasteiger partial charge in [0.25, 0.3) is 0 Å². The lowest BCUT2D eigenvalue weighted by Gasteiger charge is -2.11. The van der Waals surface area contributed by atoms with E-state index >= 15 is 0 Å². The SMILES string of the molecule is CC(C)n1nc2c(c1CCN)CNC2. The molecule has 0 unspecified atom stereocenters. The van der Waals surface area contributed by atoms with E-state index in [4.69, 9.17) is 5.73 Å². The molecule has 1 aromatic rings. The van der Waals surface area contributed by atoms with E-state index in [9.17, 15) is 0 Å². The smallest absolute Gasteiger partial charge is 0.0810 e. The van der Waals surface area contributed by atoms with Gasteiger partial charge in [0, 0.05) is 36.8 Å². The number of nitrogens with two attached hydrogens (primary N) is 1. The highest BCUT2D eigenvalue weighted by atomic mass is 15.3. The van der Waals surface area contributed by atoms with Gasteiger partial charge in [-0.05, 0) is 20.4 Å². The summed E-state index contributed by atoms with van der Waals surface area (Å²) >= 11 is 0. The molecular formula is C10H18N4. The van der Waals surface area contributed by atoms with Crippen molar-refractivity contribution in [2.75, 3.05) is 6.54 Å². The van der Waals surface area contributed by atoms with Gasteiger partial charge < -0.3 is 11.1 Å². The molecule has 2 heterocycles. The number of hydrogen-bond donors (Lipinski definition) is 2. The van der Waals surface area contributed by atoms with Crippen LogP contribution in [0.3, 0.4) is 0 Å². The van der Waals surface area contributed by atoms with Crippen LogP contribution in [0.15, 0.2) is 0 Å². The Labute approximate surface area is 84.5 Å². The van der Waals surface area contributed by atoms with Gasteiger partial charge in [-0.25, -0.2) is 0 Å². The molecule has 1 aliphatic rings. The highest BCUT2D eigenvalue weighted by Crippen LogP contribution is 2.22. The van der Waals surface area contributed by atoms with E-state index in [1.165, 1.54) is 17.0 Å². The minimum absolute atomic E-state index is 0.433. The van der Waals surface area contributed by atoms with Crippen LogP contribution in [0, 0.1) is 0 Å². The Morgan fingerprint density at radius 2 is 2.29 bits per heavy atom. The van der Waals surface area contributed by atoms with E-state index in [-0.39, 0.29) is 0 Å². The molecule has 0 saturated heterocycles. The average molecular weight is 194 g/mol. The van der Waals surface area contributed by atoms with Crippen LogP contribution in [0.25, 0.3) is 0 Å². The molecule has 0 spiro atoms. The van der Waals surface area contributed by atoms with Crippen LogP contribution in [0.1, 0.15) is 36.8 Å². The van der Waals surface area contributed by atoms with Crippen LogP contribution in [-0.4, -0.2) is 16.3 Å². The molecule has 1 aliphatic heterocycles. The van der Waals surface area contributed by atoms with Gasteiger partial charge in [0.05, 0.1) is 5.69 Å². The number of rotatable bonds is 3. The number of hydrogen-bond acceptors (Lipinski definition) is 3. The summed E-state index contributed by atoms with van der Waals surface area (Å²) in [5, 5.41) is 7.92. The van der Waals surface area contributed by atoms with E-state index in [2.05, 4.69) is 28.9 Å². The molecule has 0 fully saturated rings. The summed E-state index contributed by atoms with van der Waals surface area (Å²) in [5.74, 6) is 0. The molecule has 3 N–H and O–H groups in total. The van der Waals surface area contributed by atoms with Crippen molar-refractivity contribution in [1.29, 1.82) is 0 Å². The number of fused-ring (bicyclic) bond motifs is 1. The predicted molar refractivity (Wildman–Crippen MR) is 55.9 cm³/mol. The Balaban J connectivity index is 2.40. The van der Waals surface area contributed by atoms with Gasteiger partial charge in [0.15, 0.2) is 0 Å². The zero-order chi connectivity index (χ0) is 10.1. The van der Waals surface area contributed by atoms with E-state index in [1.807, 2.05) is 0 Å². The van der Waals surface area contributed by atoms with Crippen molar-refractivity contribution >= 4 is 0 Å². The van der Waals surface area contributed by atoms with E-state index in [0.717, 1.165) is 19.5 Å². The van der Waals surface area contributed by atoms with E-state index < -0.39 is 0 Å². The lowest BCUT2D eigenvalue weighted by Crippen LogP contribution is -2.15. The van der Waals surface area contributed by atoms with Crippen LogP contribution < -0.4 is 11.1 Å². The van der Waals surface area contributed by atoms with Crippen LogP contribution in [0.2, 0.25) is 0 Å². The summed E-state index contributed by atoms with van der Waals surface area (Å²) in [5.41, 5.74) is 9.53. The molecule has 0 amide bonds. The van der Waals surface area contributed by atoms with Crippen molar-refractivity contribution < 1.29 is 0 Å². The van der Waals surface area contributed by atoms with Crippen LogP contribution in [-0.2, 0) is 19.5 Å². The summed E-state index contributed by atoms with van der Waals surface area (Å²) in [6.45, 7) is 6.89. The first-order chi connectivity index (χ1) is 6.74. The highest BCUT2D eigenvalue weighted by Gasteiger charge is 2.21. The van der Waals surface area contributed by atoms with Crippen molar-refractivity contribution in [3.63, 3.8) is 0 Å². The second kappa shape index (κ2) is 3.71. The third kappa shape index (κ3) is 1.44. The maximum absolute atomic E-state index is 5.62. The number of nitrogens with zero attached hydrogens (tertiary/aromatic N) is 2. The van der Waals surface area contributed by atoms with Gasteiger partial charge in [0.2, 0.25) is 0 Å². The van der Waals surface area contributed by atoms with Crippen molar-refractivity contribution in [1.82, 2.24) is 15.1 Å². The van der Waals surface area contributed by atoms with Crippen molar-refractivity contribution in [2.45, 2.75) is 39.4 Å². The molecule has 0 atom stereocenters. The van der Waals surface area contributed by atoms with Crippen molar-refractivity contribution in [2.24, 2.45) is 5.73 Å². The number of nitrogens with one attached hydrogen (secondary N) is 1. The maximum atomic E-state index is 5.62. The molecule has 0 bridgehead atoms. The van der Waals surface area contributed by atoms with Crippen LogP contribution >= 0.6 is 0 Å². The Bertz CT molecular complexity index is 327. The normalized spacial score (nSPS) is 15.1. The van der Waals surface area contributed by atoms with E-state index in [0.29, 0.717) is 12.6 Å². The number of aromatic nitrogens is 2. The molecule has 78 valence electrons. The Hall–Kier alpha value is -0.870. The summed E-state index contributed by atoms with van der Waals surface area (Å²) in [6.07, 6.45) is 0.933. The summed E-state index contributed by atoms with van der Waals surface area (Å²) in [6, 6.07) is 0.433. The Kier molecular flexibility index (Phi) is 2.56. The van der Waals surface area contributed by atoms with Gasteiger partial charge in [0.1, 0.15) is 0 Å². The molecule has 14 heavy (non-hydrogen) atoms. The summed E-state index contributed by atoms with van der Waals surface area (Å²) < 4.78 is 2.12. The lowest BCUT2D eigenvalue weighted by molar-refractivity contribution is 0.497. The molecule has 0 aromatic carbocycles. The predicted octanol–water partition coefficient (Wildman–Crippen LogP) is 0.568. The molecule has 0 saturated carbocycles. The van der Waals surface area contributed by atoms with Crippen molar-refractivity contribution in [3.8, 4) is 0 Å². The molecule has 1 aromatic heterocycles. The Morgan fingerprint density at radius 3 is 2.93 bits per heavy atom. The molecule has 4 nitrogen and oxygen atoms in total. The van der Waals surface area contributed by atoms with E-state index in [1.54, 1.807) is 0 Å². The quantitative estimate of drug-likeness (QED) is 0.739. The second-order valence-corrected chi connectivity index (χ2v) is 4.05. The summed E-state index contributed by atoms with van der Waals surface area (Å²) in [7, 11) is 0. The summed E-state index contributed by atoms with van der Waals surface area (Å²) in [4.78, 5) is 0. The third-order valence-corrected chi connectivity index (χ3v) is 2.67. The monoisotopic (exact) mass is 194 g/mol. The van der Waals surface area contributed by atoms with Crippen LogP contribution in [0.5, 0.6) is 0 Å². The molecular weight excluding hydrogens is 176 g/mol. The standard InChI is InChI=1S/C10H18N4/c1-7(2)14-10(3-4-11)8-5-12-6-9(8)13-14/h7,12H,3-6,11H2,1-2H3. The van der Waals surface area contributed by atoms with Gasteiger partial charge in [-0.15, -0.1) is 0 Å². The fourth-order valence-electron chi connectivity index (χ4n) is 2.04. The molecule has 0 radical (unpaired) electrons. The van der Waals surface area contributed by atoms with Gasteiger partial charge in [-0.1, -0.05) is 0 Å². The van der Waals surface area contributed by atoms with Gasteiger partial charge >= 0.3 is 0 Å². The van der Waals surface area contributed by atoms with Gasteiger partial charge in [-0.3, -0.25) is 4.68 Å². The Morgan fingerprint density at radius 1 is 1.50 bits per heavy atom. The fraction of sp³-hybridized carbons (Fsp3) is 0.700. The largest absolute Gasteiger partial charge is 0.330 e. The highest BCUT2D eigenvalue weighted by molar-refractivity contribution is 5.30. The second-order valence-electron chi connectivity index (χ2n) is 4.05. The van der Waals surface area contributed by atoms with Crippen LogP contribution in [0.4, 0.5) is 0 Å². The molecule has 0 aliphatic carbocycles. The maximum Gasteiger partial charge on any atom is 0.0810 e. The minimum Gasteiger partial charge on any atom is -0.330 e. The zero-order valence-corrected chi connectivity index (χ0v) is 8.88. The fourth-order valence-corrected chi connectivity index (χ4v) is 2.04. The first kappa shape index (κ1) is 9.68.